The molecular weight excluding hydrogens is 244 g/mol. The van der Waals surface area contributed by atoms with E-state index >= 15 is 0 Å². The summed E-state index contributed by atoms with van der Waals surface area (Å²) in [6, 6.07) is 2.00. The quantitative estimate of drug-likeness (QED) is 0.763. The van der Waals surface area contributed by atoms with Gasteiger partial charge in [0.25, 0.3) is 0 Å². The summed E-state index contributed by atoms with van der Waals surface area (Å²) in [6.07, 6.45) is 4.71. The number of ether oxygens (including phenoxy) is 1. The molecule has 0 aliphatic heterocycles. The number of methoxy groups -OCH3 is 1. The third-order valence-corrected chi connectivity index (χ3v) is 2.96. The van der Waals surface area contributed by atoms with Crippen LogP contribution in [-0.2, 0) is 9.53 Å². The fourth-order valence-electron chi connectivity index (χ4n) is 1.99. The zero-order valence-corrected chi connectivity index (χ0v) is 11.5. The highest BCUT2D eigenvalue weighted by atomic mass is 16.5. The van der Waals surface area contributed by atoms with Crippen molar-refractivity contribution < 1.29 is 9.53 Å². The van der Waals surface area contributed by atoms with Gasteiger partial charge in [0.1, 0.15) is 5.52 Å². The first-order chi connectivity index (χ1) is 9.11. The topological polar surface area (TPSA) is 59.7 Å². The Hall–Kier alpha value is -2.11. The van der Waals surface area contributed by atoms with E-state index < -0.39 is 0 Å². The van der Waals surface area contributed by atoms with Gasteiger partial charge in [-0.1, -0.05) is 0 Å². The molecule has 2 aromatic rings. The second-order valence-corrected chi connectivity index (χ2v) is 4.47. The smallest absolute Gasteiger partial charge is 0.305 e. The van der Waals surface area contributed by atoms with Crippen molar-refractivity contribution in [2.45, 2.75) is 19.8 Å². The molecule has 0 N–H and O–H groups in total. The van der Waals surface area contributed by atoms with Gasteiger partial charge >= 0.3 is 5.97 Å². The van der Waals surface area contributed by atoms with Crippen LogP contribution in [0.25, 0.3) is 5.52 Å². The summed E-state index contributed by atoms with van der Waals surface area (Å²) in [7, 11) is 3.37. The van der Waals surface area contributed by atoms with Crippen LogP contribution >= 0.6 is 0 Å². The van der Waals surface area contributed by atoms with E-state index in [1.165, 1.54) is 7.11 Å². The van der Waals surface area contributed by atoms with Crippen LogP contribution in [0.15, 0.2) is 18.5 Å². The standard InChI is InChI=1S/C13H18N4O2/c1-10-9-11-13(14-6-8-17(11)15-10)16(2)7-4-5-12(18)19-3/h6,8-9H,4-5,7H2,1-3H3. The van der Waals surface area contributed by atoms with E-state index in [4.69, 9.17) is 0 Å². The van der Waals surface area contributed by atoms with Gasteiger partial charge in [0.2, 0.25) is 0 Å². The van der Waals surface area contributed by atoms with Crippen LogP contribution in [0.2, 0.25) is 0 Å². The number of nitrogens with zero attached hydrogens (tertiary/aromatic N) is 4. The third-order valence-electron chi connectivity index (χ3n) is 2.96. The molecule has 0 saturated carbocycles. The Kier molecular flexibility index (Phi) is 3.99. The maximum atomic E-state index is 11.1. The Morgan fingerprint density at radius 2 is 2.32 bits per heavy atom. The van der Waals surface area contributed by atoms with E-state index in [-0.39, 0.29) is 5.97 Å². The molecule has 0 bridgehead atoms. The summed E-state index contributed by atoms with van der Waals surface area (Å²) in [5, 5.41) is 4.35. The Balaban J connectivity index is 2.08. The zero-order valence-electron chi connectivity index (χ0n) is 11.5. The van der Waals surface area contributed by atoms with Gasteiger partial charge in [-0.3, -0.25) is 4.79 Å². The zero-order chi connectivity index (χ0) is 13.8. The van der Waals surface area contributed by atoms with Gasteiger partial charge in [0, 0.05) is 32.4 Å². The van der Waals surface area contributed by atoms with Crippen molar-refractivity contribution in [2.75, 3.05) is 25.6 Å². The van der Waals surface area contributed by atoms with Crippen LogP contribution in [0.4, 0.5) is 5.82 Å². The molecule has 2 rings (SSSR count). The fourth-order valence-corrected chi connectivity index (χ4v) is 1.99. The number of esters is 1. The van der Waals surface area contributed by atoms with Gasteiger partial charge in [0.05, 0.1) is 12.8 Å². The minimum Gasteiger partial charge on any atom is -0.469 e. The number of anilines is 1. The van der Waals surface area contributed by atoms with Crippen molar-refractivity contribution in [1.29, 1.82) is 0 Å². The van der Waals surface area contributed by atoms with Gasteiger partial charge in [0.15, 0.2) is 5.82 Å². The van der Waals surface area contributed by atoms with Crippen LogP contribution in [0, 0.1) is 6.92 Å². The molecule has 0 saturated heterocycles. The van der Waals surface area contributed by atoms with Gasteiger partial charge in [-0.15, -0.1) is 0 Å². The normalized spacial score (nSPS) is 10.7. The lowest BCUT2D eigenvalue weighted by molar-refractivity contribution is -0.140. The average molecular weight is 262 g/mol. The summed E-state index contributed by atoms with van der Waals surface area (Å²) in [5.41, 5.74) is 1.93. The summed E-state index contributed by atoms with van der Waals surface area (Å²) in [4.78, 5) is 17.5. The predicted octanol–water partition coefficient (Wildman–Crippen LogP) is 1.43. The van der Waals surface area contributed by atoms with Gasteiger partial charge < -0.3 is 9.64 Å². The lowest BCUT2D eigenvalue weighted by Gasteiger charge is -2.18. The number of hydrogen-bond donors (Lipinski definition) is 0. The maximum absolute atomic E-state index is 11.1. The summed E-state index contributed by atoms with van der Waals surface area (Å²) in [6.45, 7) is 2.69. The molecule has 102 valence electrons. The molecule has 0 fully saturated rings. The SMILES string of the molecule is COC(=O)CCCN(C)c1nccn2nc(C)cc12. The summed E-state index contributed by atoms with van der Waals surface area (Å²) in [5.74, 6) is 0.688. The van der Waals surface area contributed by atoms with E-state index in [9.17, 15) is 4.79 Å². The largest absolute Gasteiger partial charge is 0.469 e. The molecule has 0 aliphatic rings. The number of aryl methyl sites for hydroxylation is 1. The third kappa shape index (κ3) is 3.01. The minimum atomic E-state index is -0.181. The molecule has 0 aliphatic carbocycles. The van der Waals surface area contributed by atoms with E-state index in [2.05, 4.69) is 14.8 Å². The Bertz CT molecular complexity index is 579. The Morgan fingerprint density at radius 3 is 3.05 bits per heavy atom. The van der Waals surface area contributed by atoms with Crippen molar-refractivity contribution in [1.82, 2.24) is 14.6 Å². The molecule has 19 heavy (non-hydrogen) atoms. The van der Waals surface area contributed by atoms with E-state index in [1.54, 1.807) is 6.20 Å². The van der Waals surface area contributed by atoms with E-state index in [1.807, 2.05) is 35.6 Å². The fraction of sp³-hybridized carbons (Fsp3) is 0.462. The minimum absolute atomic E-state index is 0.181. The Labute approximate surface area is 112 Å². The van der Waals surface area contributed by atoms with Crippen molar-refractivity contribution >= 4 is 17.3 Å². The molecular formula is C13H18N4O2. The number of carbonyl (C=O) groups is 1. The number of carbonyl (C=O) groups excluding carboxylic acids is 1. The van der Waals surface area contributed by atoms with Gasteiger partial charge in [-0.05, 0) is 19.4 Å². The second-order valence-electron chi connectivity index (χ2n) is 4.47. The lowest BCUT2D eigenvalue weighted by Crippen LogP contribution is -2.21. The van der Waals surface area contributed by atoms with Crippen LogP contribution < -0.4 is 4.90 Å². The van der Waals surface area contributed by atoms with Crippen LogP contribution in [0.1, 0.15) is 18.5 Å². The molecule has 0 amide bonds. The first-order valence-corrected chi connectivity index (χ1v) is 6.20. The van der Waals surface area contributed by atoms with Crippen LogP contribution in [-0.4, -0.2) is 41.3 Å². The first kappa shape index (κ1) is 13.3. The molecule has 6 nitrogen and oxygen atoms in total. The summed E-state index contributed by atoms with van der Waals surface area (Å²) >= 11 is 0. The molecule has 0 spiro atoms. The van der Waals surface area contributed by atoms with E-state index in [0.29, 0.717) is 6.42 Å². The molecule has 0 atom stereocenters. The number of hydrogen-bond acceptors (Lipinski definition) is 5. The Morgan fingerprint density at radius 1 is 1.53 bits per heavy atom. The molecule has 0 unspecified atom stereocenters. The summed E-state index contributed by atoms with van der Waals surface area (Å²) < 4.78 is 6.44. The van der Waals surface area contributed by atoms with Crippen molar-refractivity contribution in [3.8, 4) is 0 Å². The number of aromatic nitrogens is 3. The van der Waals surface area contributed by atoms with E-state index in [0.717, 1.165) is 30.0 Å². The number of fused-ring (bicyclic) bond motifs is 1. The van der Waals surface area contributed by atoms with Crippen molar-refractivity contribution in [2.24, 2.45) is 0 Å². The van der Waals surface area contributed by atoms with Crippen molar-refractivity contribution in [3.63, 3.8) is 0 Å². The molecule has 2 heterocycles. The monoisotopic (exact) mass is 262 g/mol. The molecule has 0 aromatic carbocycles. The van der Waals surface area contributed by atoms with Gasteiger partial charge in [-0.2, -0.15) is 5.10 Å². The number of rotatable bonds is 5. The lowest BCUT2D eigenvalue weighted by atomic mass is 10.3. The van der Waals surface area contributed by atoms with Crippen LogP contribution in [0.5, 0.6) is 0 Å². The highest BCUT2D eigenvalue weighted by Crippen LogP contribution is 2.18. The van der Waals surface area contributed by atoms with Crippen molar-refractivity contribution in [3.05, 3.63) is 24.2 Å². The first-order valence-electron chi connectivity index (χ1n) is 6.20. The highest BCUT2D eigenvalue weighted by molar-refractivity contribution is 5.70. The molecule has 0 radical (unpaired) electrons. The maximum Gasteiger partial charge on any atom is 0.305 e. The highest BCUT2D eigenvalue weighted by Gasteiger charge is 2.10. The average Bonchev–Trinajstić information content (AvgIpc) is 2.78. The molecule has 6 heteroatoms. The predicted molar refractivity (Wildman–Crippen MR) is 72.2 cm³/mol. The van der Waals surface area contributed by atoms with Crippen LogP contribution in [0.3, 0.4) is 0 Å². The molecule has 2 aromatic heterocycles. The van der Waals surface area contributed by atoms with Gasteiger partial charge in [-0.25, -0.2) is 9.50 Å². The second kappa shape index (κ2) is 5.69.